The first-order valence-corrected chi connectivity index (χ1v) is 15.1. The van der Waals surface area contributed by atoms with Crippen molar-refractivity contribution in [3.63, 3.8) is 0 Å². The minimum atomic E-state index is -3.43. The van der Waals surface area contributed by atoms with Crippen LogP contribution in [0, 0.1) is 0 Å². The normalized spacial score (nSPS) is 13.7. The predicted molar refractivity (Wildman–Crippen MR) is 142 cm³/mol. The standard InChI is InChI=1S/C27H39ClO2S2/c1-3-4-5-6-7-8-9-10-11-15-22-31-27(2,24-16-13-12-14-17-24)23-32(29,30)26-20-18-25(28)19-21-26/h12-14,16-21H,3-11,15,22-23H2,1-2H3/t27-/m1/s1. The summed E-state index contributed by atoms with van der Waals surface area (Å²) < 4.78 is 25.9. The summed E-state index contributed by atoms with van der Waals surface area (Å²) in [5, 5.41) is 0.546. The fourth-order valence-electron chi connectivity index (χ4n) is 3.97. The second-order valence-corrected chi connectivity index (χ2v) is 12.9. The zero-order valence-corrected chi connectivity index (χ0v) is 22.1. The zero-order valence-electron chi connectivity index (χ0n) is 19.7. The van der Waals surface area contributed by atoms with Crippen molar-refractivity contribution < 1.29 is 8.42 Å². The maximum atomic E-state index is 13.2. The topological polar surface area (TPSA) is 34.1 Å². The van der Waals surface area contributed by atoms with Crippen molar-refractivity contribution >= 4 is 33.2 Å². The molecule has 0 aliphatic carbocycles. The van der Waals surface area contributed by atoms with Crippen LogP contribution >= 0.6 is 23.4 Å². The smallest absolute Gasteiger partial charge is 0.180 e. The van der Waals surface area contributed by atoms with Crippen molar-refractivity contribution in [1.29, 1.82) is 0 Å². The van der Waals surface area contributed by atoms with Gasteiger partial charge in [-0.2, -0.15) is 0 Å². The molecule has 0 N–H and O–H groups in total. The van der Waals surface area contributed by atoms with Gasteiger partial charge < -0.3 is 0 Å². The van der Waals surface area contributed by atoms with Crippen LogP contribution in [0.1, 0.15) is 83.6 Å². The molecule has 32 heavy (non-hydrogen) atoms. The number of unbranched alkanes of at least 4 members (excludes halogenated alkanes) is 9. The van der Waals surface area contributed by atoms with E-state index in [-0.39, 0.29) is 5.75 Å². The Balaban J connectivity index is 1.87. The Morgan fingerprint density at radius 1 is 0.781 bits per heavy atom. The van der Waals surface area contributed by atoms with E-state index >= 15 is 0 Å². The summed E-state index contributed by atoms with van der Waals surface area (Å²) in [6.45, 7) is 4.32. The minimum Gasteiger partial charge on any atom is -0.224 e. The Morgan fingerprint density at radius 3 is 1.88 bits per heavy atom. The van der Waals surface area contributed by atoms with Crippen LogP contribution < -0.4 is 0 Å². The summed E-state index contributed by atoms with van der Waals surface area (Å²) in [4.78, 5) is 0.337. The van der Waals surface area contributed by atoms with Crippen molar-refractivity contribution in [3.05, 3.63) is 65.2 Å². The number of hydrogen-bond donors (Lipinski definition) is 0. The van der Waals surface area contributed by atoms with Gasteiger partial charge in [-0.15, -0.1) is 11.8 Å². The maximum absolute atomic E-state index is 13.2. The van der Waals surface area contributed by atoms with E-state index < -0.39 is 14.6 Å². The van der Waals surface area contributed by atoms with Crippen LogP contribution in [0.25, 0.3) is 0 Å². The van der Waals surface area contributed by atoms with Gasteiger partial charge in [0.25, 0.3) is 0 Å². The molecule has 0 heterocycles. The third kappa shape index (κ3) is 9.49. The van der Waals surface area contributed by atoms with E-state index in [2.05, 4.69) is 13.8 Å². The molecule has 2 aromatic rings. The quantitative estimate of drug-likeness (QED) is 0.219. The highest BCUT2D eigenvalue weighted by molar-refractivity contribution is 8.01. The minimum absolute atomic E-state index is 0.0775. The Hall–Kier alpha value is -0.970. The van der Waals surface area contributed by atoms with Crippen LogP contribution in [0.4, 0.5) is 0 Å². The van der Waals surface area contributed by atoms with Gasteiger partial charge in [-0.1, -0.05) is 107 Å². The number of benzene rings is 2. The molecule has 0 radical (unpaired) electrons. The second-order valence-electron chi connectivity index (χ2n) is 8.84. The van der Waals surface area contributed by atoms with Gasteiger partial charge >= 0.3 is 0 Å². The summed E-state index contributed by atoms with van der Waals surface area (Å²) >= 11 is 7.72. The number of halogens is 1. The van der Waals surface area contributed by atoms with Crippen molar-refractivity contribution in [1.82, 2.24) is 0 Å². The average molecular weight is 495 g/mol. The molecule has 0 aromatic heterocycles. The lowest BCUT2D eigenvalue weighted by atomic mass is 10.0. The third-order valence-corrected chi connectivity index (χ3v) is 9.83. The summed E-state index contributed by atoms with van der Waals surface area (Å²) in [6.07, 6.45) is 13.1. The van der Waals surface area contributed by atoms with Crippen molar-refractivity contribution in [2.24, 2.45) is 0 Å². The largest absolute Gasteiger partial charge is 0.224 e. The molecular weight excluding hydrogens is 456 g/mol. The maximum Gasteiger partial charge on any atom is 0.180 e. The molecule has 0 unspecified atom stereocenters. The first-order valence-electron chi connectivity index (χ1n) is 12.1. The van der Waals surface area contributed by atoms with Gasteiger partial charge in [0.2, 0.25) is 0 Å². The number of thioether (sulfide) groups is 1. The van der Waals surface area contributed by atoms with Gasteiger partial charge in [-0.05, 0) is 48.9 Å². The highest BCUT2D eigenvalue weighted by atomic mass is 35.5. The van der Waals surface area contributed by atoms with Crippen LogP contribution in [-0.2, 0) is 14.6 Å². The predicted octanol–water partition coefficient (Wildman–Crippen LogP) is 8.68. The molecule has 2 rings (SSSR count). The van der Waals surface area contributed by atoms with Crippen LogP contribution in [0.5, 0.6) is 0 Å². The lowest BCUT2D eigenvalue weighted by Gasteiger charge is -2.29. The fourth-order valence-corrected chi connectivity index (χ4v) is 7.61. The molecule has 0 aliphatic rings. The Labute approximate surface area is 205 Å². The van der Waals surface area contributed by atoms with Crippen molar-refractivity contribution in [2.45, 2.75) is 87.7 Å². The molecule has 2 aromatic carbocycles. The SMILES string of the molecule is CCCCCCCCCCCCS[C@](C)(CS(=O)(=O)c1ccc(Cl)cc1)c1ccccc1. The summed E-state index contributed by atoms with van der Waals surface area (Å²) in [5.74, 6) is 1.05. The van der Waals surface area contributed by atoms with E-state index in [0.29, 0.717) is 9.92 Å². The average Bonchev–Trinajstić information content (AvgIpc) is 2.78. The zero-order chi connectivity index (χ0) is 23.3. The molecule has 2 nitrogen and oxygen atoms in total. The lowest BCUT2D eigenvalue weighted by Crippen LogP contribution is -2.29. The molecule has 5 heteroatoms. The highest BCUT2D eigenvalue weighted by Gasteiger charge is 2.33. The first-order chi connectivity index (χ1) is 15.4. The second kappa shape index (κ2) is 14.3. The first kappa shape index (κ1) is 27.3. The fraction of sp³-hybridized carbons (Fsp3) is 0.556. The van der Waals surface area contributed by atoms with Crippen LogP contribution in [0.2, 0.25) is 5.02 Å². The molecule has 0 saturated heterocycles. The number of sulfone groups is 1. The molecule has 1 atom stereocenters. The van der Waals surface area contributed by atoms with Gasteiger partial charge in [0.15, 0.2) is 9.84 Å². The summed E-state index contributed by atoms with van der Waals surface area (Å²) in [7, 11) is -3.43. The van der Waals surface area contributed by atoms with Crippen LogP contribution in [0.3, 0.4) is 0 Å². The van der Waals surface area contributed by atoms with Gasteiger partial charge in [-0.25, -0.2) is 8.42 Å². The van der Waals surface area contributed by atoms with E-state index in [9.17, 15) is 8.42 Å². The summed E-state index contributed by atoms with van der Waals surface area (Å²) in [5.41, 5.74) is 1.06. The molecule has 0 bridgehead atoms. The van der Waals surface area contributed by atoms with Gasteiger partial charge in [0.1, 0.15) is 0 Å². The molecular formula is C27H39ClO2S2. The lowest BCUT2D eigenvalue weighted by molar-refractivity contribution is 0.562. The Kier molecular flexibility index (Phi) is 12.2. The van der Waals surface area contributed by atoms with Crippen LogP contribution in [-0.4, -0.2) is 19.9 Å². The molecule has 0 spiro atoms. The highest BCUT2D eigenvalue weighted by Crippen LogP contribution is 2.39. The van der Waals surface area contributed by atoms with Crippen LogP contribution in [0.15, 0.2) is 59.5 Å². The Morgan fingerprint density at radius 2 is 1.31 bits per heavy atom. The molecule has 0 fully saturated rings. The van der Waals surface area contributed by atoms with Gasteiger partial charge in [0.05, 0.1) is 15.4 Å². The van der Waals surface area contributed by atoms with E-state index in [0.717, 1.165) is 17.7 Å². The Bertz CT molecular complexity index is 866. The van der Waals surface area contributed by atoms with E-state index in [1.54, 1.807) is 36.0 Å². The number of hydrogen-bond acceptors (Lipinski definition) is 3. The van der Waals surface area contributed by atoms with Crippen molar-refractivity contribution in [3.8, 4) is 0 Å². The number of rotatable bonds is 16. The van der Waals surface area contributed by atoms with E-state index in [1.165, 1.54) is 57.8 Å². The third-order valence-electron chi connectivity index (χ3n) is 5.94. The van der Waals surface area contributed by atoms with Gasteiger partial charge in [0, 0.05) is 5.02 Å². The molecule has 0 saturated carbocycles. The van der Waals surface area contributed by atoms with Crippen molar-refractivity contribution in [2.75, 3.05) is 11.5 Å². The molecule has 178 valence electrons. The van der Waals surface area contributed by atoms with Gasteiger partial charge in [-0.3, -0.25) is 0 Å². The molecule has 0 aliphatic heterocycles. The van der Waals surface area contributed by atoms with E-state index in [1.807, 2.05) is 30.3 Å². The molecule has 0 amide bonds. The monoisotopic (exact) mass is 494 g/mol. The van der Waals surface area contributed by atoms with E-state index in [4.69, 9.17) is 11.6 Å². The summed E-state index contributed by atoms with van der Waals surface area (Å²) in [6, 6.07) is 16.5.